The molecule has 0 unspecified atom stereocenters. The predicted octanol–water partition coefficient (Wildman–Crippen LogP) is 2.82. The van der Waals surface area contributed by atoms with E-state index in [2.05, 4.69) is 14.4 Å². The number of aromatic nitrogens is 1. The van der Waals surface area contributed by atoms with Gasteiger partial charge in [0, 0.05) is 6.42 Å². The largest absolute Gasteiger partial charge is 0.464 e. The van der Waals surface area contributed by atoms with Gasteiger partial charge in [-0.1, -0.05) is 18.5 Å². The zero-order valence-corrected chi connectivity index (χ0v) is 9.43. The number of nitrogens with zero attached hydrogens (tertiary/aromatic N) is 1. The molecule has 0 N–H and O–H groups in total. The Morgan fingerprint density at radius 1 is 1.47 bits per heavy atom. The topological polar surface area (TPSA) is 52.3 Å². The van der Waals surface area contributed by atoms with E-state index in [1.165, 1.54) is 0 Å². The molecule has 1 heterocycles. The first-order chi connectivity index (χ1) is 7.91. The zero-order valence-electron chi connectivity index (χ0n) is 9.43. The van der Waals surface area contributed by atoms with Gasteiger partial charge in [0.15, 0.2) is 0 Å². The van der Waals surface area contributed by atoms with Gasteiger partial charge in [0.05, 0.1) is 7.11 Å². The molecule has 1 rings (SSSR count). The van der Waals surface area contributed by atoms with Crippen molar-refractivity contribution in [2.45, 2.75) is 32.4 Å². The maximum absolute atomic E-state index is 12.8. The second-order valence-electron chi connectivity index (χ2n) is 3.42. The number of hydrogen-bond acceptors (Lipinski definition) is 4. The van der Waals surface area contributed by atoms with Crippen molar-refractivity contribution >= 4 is 5.97 Å². The lowest BCUT2D eigenvalue weighted by Crippen LogP contribution is -2.14. The number of halogens is 3. The van der Waals surface area contributed by atoms with Crippen LogP contribution in [-0.4, -0.2) is 18.2 Å². The lowest BCUT2D eigenvalue weighted by atomic mass is 10.1. The van der Waals surface area contributed by atoms with Gasteiger partial charge in [0.25, 0.3) is 0 Å². The summed E-state index contributed by atoms with van der Waals surface area (Å²) in [4.78, 5) is 11.1. The van der Waals surface area contributed by atoms with Gasteiger partial charge in [-0.25, -0.2) is 4.79 Å². The number of aryl methyl sites for hydroxylation is 1. The SMILES string of the molecule is CCCCc1onc(C(=O)OC)c1C(F)(F)F. The minimum atomic E-state index is -4.67. The van der Waals surface area contributed by atoms with E-state index in [0.717, 1.165) is 7.11 Å². The number of methoxy groups -OCH3 is 1. The summed E-state index contributed by atoms with van der Waals surface area (Å²) in [6.45, 7) is 1.84. The van der Waals surface area contributed by atoms with Crippen molar-refractivity contribution in [1.29, 1.82) is 0 Å². The lowest BCUT2D eigenvalue weighted by Gasteiger charge is -2.06. The maximum Gasteiger partial charge on any atom is 0.422 e. The number of esters is 1. The van der Waals surface area contributed by atoms with Gasteiger partial charge < -0.3 is 9.26 Å². The van der Waals surface area contributed by atoms with Crippen LogP contribution in [0.2, 0.25) is 0 Å². The molecule has 0 aliphatic rings. The van der Waals surface area contributed by atoms with E-state index < -0.39 is 23.4 Å². The van der Waals surface area contributed by atoms with Crippen LogP contribution < -0.4 is 0 Å². The van der Waals surface area contributed by atoms with Crippen molar-refractivity contribution in [2.75, 3.05) is 7.11 Å². The number of carbonyl (C=O) groups is 1. The first kappa shape index (κ1) is 13.5. The minimum absolute atomic E-state index is 0.0926. The highest BCUT2D eigenvalue weighted by Gasteiger charge is 2.42. The second-order valence-corrected chi connectivity index (χ2v) is 3.42. The Labute approximate surface area is 95.7 Å². The molecular weight excluding hydrogens is 239 g/mol. The van der Waals surface area contributed by atoms with Crippen LogP contribution in [0, 0.1) is 0 Å². The molecule has 0 aliphatic heterocycles. The summed E-state index contributed by atoms with van der Waals surface area (Å²) in [5, 5.41) is 3.14. The van der Waals surface area contributed by atoms with Crippen molar-refractivity contribution in [3.8, 4) is 0 Å². The van der Waals surface area contributed by atoms with Gasteiger partial charge in [0.1, 0.15) is 11.3 Å². The van der Waals surface area contributed by atoms with Crippen LogP contribution in [-0.2, 0) is 17.3 Å². The van der Waals surface area contributed by atoms with Crippen LogP contribution in [0.25, 0.3) is 0 Å². The van der Waals surface area contributed by atoms with E-state index in [-0.39, 0.29) is 12.2 Å². The van der Waals surface area contributed by atoms with Gasteiger partial charge in [-0.2, -0.15) is 13.2 Å². The van der Waals surface area contributed by atoms with E-state index in [9.17, 15) is 18.0 Å². The van der Waals surface area contributed by atoms with Crippen LogP contribution in [0.15, 0.2) is 4.52 Å². The smallest absolute Gasteiger partial charge is 0.422 e. The Morgan fingerprint density at radius 3 is 2.59 bits per heavy atom. The Morgan fingerprint density at radius 2 is 2.12 bits per heavy atom. The molecule has 0 spiro atoms. The molecular formula is C10H12F3NO3. The standard InChI is InChI=1S/C10H12F3NO3/c1-3-4-5-6-7(10(11,12)13)8(14-17-6)9(15)16-2/h3-5H2,1-2H3. The zero-order chi connectivity index (χ0) is 13.1. The van der Waals surface area contributed by atoms with Crippen LogP contribution in [0.4, 0.5) is 13.2 Å². The molecule has 4 nitrogen and oxygen atoms in total. The van der Waals surface area contributed by atoms with Crippen LogP contribution >= 0.6 is 0 Å². The van der Waals surface area contributed by atoms with Crippen molar-refractivity contribution < 1.29 is 27.2 Å². The predicted molar refractivity (Wildman–Crippen MR) is 51.5 cm³/mol. The normalized spacial score (nSPS) is 11.6. The average molecular weight is 251 g/mol. The Balaban J connectivity index is 3.16. The molecule has 0 aromatic carbocycles. The number of alkyl halides is 3. The molecule has 7 heteroatoms. The Bertz CT molecular complexity index is 398. The fraction of sp³-hybridized carbons (Fsp3) is 0.600. The third kappa shape index (κ3) is 2.98. The van der Waals surface area contributed by atoms with Gasteiger partial charge >= 0.3 is 12.1 Å². The monoisotopic (exact) mass is 251 g/mol. The fourth-order valence-electron chi connectivity index (χ4n) is 1.36. The van der Waals surface area contributed by atoms with Gasteiger partial charge in [0.2, 0.25) is 5.69 Å². The average Bonchev–Trinajstić information content (AvgIpc) is 2.68. The first-order valence-electron chi connectivity index (χ1n) is 5.05. The molecule has 1 aromatic heterocycles. The third-order valence-corrected chi connectivity index (χ3v) is 2.18. The summed E-state index contributed by atoms with van der Waals surface area (Å²) in [6.07, 6.45) is -3.34. The van der Waals surface area contributed by atoms with E-state index >= 15 is 0 Å². The maximum atomic E-state index is 12.8. The lowest BCUT2D eigenvalue weighted by molar-refractivity contribution is -0.139. The van der Waals surface area contributed by atoms with Crippen LogP contribution in [0.1, 0.15) is 41.6 Å². The summed E-state index contributed by atoms with van der Waals surface area (Å²) in [5.41, 5.74) is -1.94. The highest BCUT2D eigenvalue weighted by atomic mass is 19.4. The van der Waals surface area contributed by atoms with Crippen LogP contribution in [0.3, 0.4) is 0 Å². The van der Waals surface area contributed by atoms with E-state index in [4.69, 9.17) is 0 Å². The first-order valence-corrected chi connectivity index (χ1v) is 5.05. The van der Waals surface area contributed by atoms with Crippen molar-refractivity contribution in [3.63, 3.8) is 0 Å². The molecule has 0 saturated heterocycles. The van der Waals surface area contributed by atoms with E-state index in [1.807, 2.05) is 6.92 Å². The molecule has 0 amide bonds. The summed E-state index contributed by atoms with van der Waals surface area (Å²) < 4.78 is 47.1. The van der Waals surface area contributed by atoms with Crippen LogP contribution in [0.5, 0.6) is 0 Å². The number of rotatable bonds is 4. The fourth-order valence-corrected chi connectivity index (χ4v) is 1.36. The molecule has 17 heavy (non-hydrogen) atoms. The van der Waals surface area contributed by atoms with Gasteiger partial charge in [-0.3, -0.25) is 0 Å². The van der Waals surface area contributed by atoms with Gasteiger partial charge in [-0.15, -0.1) is 0 Å². The molecule has 0 aliphatic carbocycles. The van der Waals surface area contributed by atoms with E-state index in [1.54, 1.807) is 0 Å². The summed E-state index contributed by atoms with van der Waals surface area (Å²) in [6, 6.07) is 0. The second kappa shape index (κ2) is 5.20. The summed E-state index contributed by atoms with van der Waals surface area (Å²) in [5.74, 6) is -1.47. The van der Waals surface area contributed by atoms with Crippen molar-refractivity contribution in [2.24, 2.45) is 0 Å². The van der Waals surface area contributed by atoms with Crippen molar-refractivity contribution in [3.05, 3.63) is 17.0 Å². The highest BCUT2D eigenvalue weighted by Crippen LogP contribution is 2.35. The molecule has 0 atom stereocenters. The Kier molecular flexibility index (Phi) is 4.14. The third-order valence-electron chi connectivity index (χ3n) is 2.18. The summed E-state index contributed by atoms with van der Waals surface area (Å²) in [7, 11) is 0.989. The quantitative estimate of drug-likeness (QED) is 0.772. The molecule has 0 bridgehead atoms. The molecule has 0 radical (unpaired) electrons. The number of hydrogen-bond donors (Lipinski definition) is 0. The Hall–Kier alpha value is -1.53. The number of carbonyl (C=O) groups excluding carboxylic acids is 1. The number of unbranched alkanes of at least 4 members (excludes halogenated alkanes) is 1. The molecule has 1 aromatic rings. The summed E-state index contributed by atoms with van der Waals surface area (Å²) >= 11 is 0. The number of ether oxygens (including phenoxy) is 1. The van der Waals surface area contributed by atoms with Crippen molar-refractivity contribution in [1.82, 2.24) is 5.16 Å². The van der Waals surface area contributed by atoms with Gasteiger partial charge in [-0.05, 0) is 6.42 Å². The molecule has 0 fully saturated rings. The molecule has 0 saturated carbocycles. The highest BCUT2D eigenvalue weighted by molar-refractivity contribution is 5.89. The molecule has 96 valence electrons. The van der Waals surface area contributed by atoms with E-state index in [0.29, 0.717) is 12.8 Å². The minimum Gasteiger partial charge on any atom is -0.464 e.